The summed E-state index contributed by atoms with van der Waals surface area (Å²) in [4.78, 5) is 13.3. The van der Waals surface area contributed by atoms with Crippen LogP contribution in [0.3, 0.4) is 0 Å². The summed E-state index contributed by atoms with van der Waals surface area (Å²) in [6, 6.07) is 4.94. The maximum Gasteiger partial charge on any atom is 0.320 e. The van der Waals surface area contributed by atoms with Crippen LogP contribution in [0.1, 0.15) is 11.1 Å². The molecule has 124 valence electrons. The highest BCUT2D eigenvalue weighted by Crippen LogP contribution is 2.23. The van der Waals surface area contributed by atoms with Crippen LogP contribution >= 0.6 is 24.2 Å². The smallest absolute Gasteiger partial charge is 0.320 e. The second-order valence-corrected chi connectivity index (χ2v) is 6.41. The first-order chi connectivity index (χ1) is 10.1. The number of thioether (sulfide) groups is 1. The molecule has 22 heavy (non-hydrogen) atoms. The van der Waals surface area contributed by atoms with Crippen molar-refractivity contribution < 1.29 is 14.6 Å². The lowest BCUT2D eigenvalue weighted by atomic mass is 10.0. The molecule has 1 saturated heterocycles. The molecule has 1 atom stereocenters. The number of hydrogen-bond acceptors (Lipinski definition) is 5. The average molecular weight is 347 g/mol. The molecular weight excluding hydrogens is 324 g/mol. The van der Waals surface area contributed by atoms with Gasteiger partial charge in [-0.25, -0.2) is 0 Å². The van der Waals surface area contributed by atoms with Gasteiger partial charge in [0.25, 0.3) is 0 Å². The quantitative estimate of drug-likeness (QED) is 0.815. The summed E-state index contributed by atoms with van der Waals surface area (Å²) in [5.74, 6) is 2.19. The Hall–Kier alpha value is -0.950. The first-order valence-corrected chi connectivity index (χ1v) is 8.20. The molecule has 0 spiro atoms. The molecule has 1 aromatic carbocycles. The molecular formula is C15H23ClN2O3S. The Morgan fingerprint density at radius 2 is 2.14 bits per heavy atom. The van der Waals surface area contributed by atoms with E-state index in [2.05, 4.69) is 4.90 Å². The topological polar surface area (TPSA) is 75.8 Å². The van der Waals surface area contributed by atoms with E-state index in [1.54, 1.807) is 7.11 Å². The van der Waals surface area contributed by atoms with Crippen LogP contribution in [-0.2, 0) is 17.8 Å². The van der Waals surface area contributed by atoms with E-state index in [4.69, 9.17) is 15.6 Å². The molecule has 0 saturated carbocycles. The molecule has 1 fully saturated rings. The summed E-state index contributed by atoms with van der Waals surface area (Å²) < 4.78 is 5.41. The van der Waals surface area contributed by atoms with Crippen molar-refractivity contribution in [1.29, 1.82) is 0 Å². The minimum absolute atomic E-state index is 0. The number of rotatable bonds is 6. The van der Waals surface area contributed by atoms with E-state index in [0.717, 1.165) is 48.0 Å². The van der Waals surface area contributed by atoms with Gasteiger partial charge in [0.05, 0.1) is 7.11 Å². The monoisotopic (exact) mass is 346 g/mol. The van der Waals surface area contributed by atoms with Crippen molar-refractivity contribution in [3.63, 3.8) is 0 Å². The number of nitrogens with zero attached hydrogens (tertiary/aromatic N) is 1. The van der Waals surface area contributed by atoms with Crippen molar-refractivity contribution >= 4 is 30.1 Å². The van der Waals surface area contributed by atoms with Gasteiger partial charge < -0.3 is 15.6 Å². The number of nitrogens with two attached hydrogens (primary N) is 1. The third-order valence-electron chi connectivity index (χ3n) is 3.62. The standard InChI is InChI=1S/C15H22N2O3S.ClH/c1-20-14-3-2-11(9-13(16)15(18)19)8-12(14)10-17-4-6-21-7-5-17;/h2-3,8,13H,4-7,9-10,16H2,1H3,(H,18,19);1H. The molecule has 1 aliphatic rings. The third kappa shape index (κ3) is 5.35. The molecule has 5 nitrogen and oxygen atoms in total. The van der Waals surface area contributed by atoms with Crippen molar-refractivity contribution in [2.24, 2.45) is 5.73 Å². The van der Waals surface area contributed by atoms with E-state index in [1.807, 2.05) is 30.0 Å². The van der Waals surface area contributed by atoms with Crippen LogP contribution in [0.15, 0.2) is 18.2 Å². The van der Waals surface area contributed by atoms with Crippen LogP contribution in [0.2, 0.25) is 0 Å². The van der Waals surface area contributed by atoms with Crippen molar-refractivity contribution in [2.75, 3.05) is 31.7 Å². The molecule has 7 heteroatoms. The SMILES string of the molecule is COc1ccc(CC(N)C(=O)O)cc1CN1CCSCC1.Cl. The minimum atomic E-state index is -0.972. The molecule has 3 N–H and O–H groups in total. The molecule has 0 radical (unpaired) electrons. The van der Waals surface area contributed by atoms with Crippen molar-refractivity contribution in [3.8, 4) is 5.75 Å². The lowest BCUT2D eigenvalue weighted by Crippen LogP contribution is -2.33. The fourth-order valence-corrected chi connectivity index (χ4v) is 3.40. The van der Waals surface area contributed by atoms with Crippen molar-refractivity contribution in [2.45, 2.75) is 19.0 Å². The van der Waals surface area contributed by atoms with Gasteiger partial charge in [0, 0.05) is 36.7 Å². The summed E-state index contributed by atoms with van der Waals surface area (Å²) in [6.45, 7) is 2.99. The van der Waals surface area contributed by atoms with E-state index in [0.29, 0.717) is 6.42 Å². The molecule has 0 aromatic heterocycles. The largest absolute Gasteiger partial charge is 0.496 e. The summed E-state index contributed by atoms with van der Waals surface area (Å²) in [6.07, 6.45) is 0.335. The molecule has 1 aliphatic heterocycles. The summed E-state index contributed by atoms with van der Waals surface area (Å²) in [5, 5.41) is 8.91. The Morgan fingerprint density at radius 1 is 1.45 bits per heavy atom. The van der Waals surface area contributed by atoms with Gasteiger partial charge in [-0.1, -0.05) is 12.1 Å². The Labute approximate surface area is 141 Å². The van der Waals surface area contributed by atoms with E-state index in [-0.39, 0.29) is 12.4 Å². The van der Waals surface area contributed by atoms with E-state index < -0.39 is 12.0 Å². The molecule has 0 amide bonds. The van der Waals surface area contributed by atoms with Gasteiger partial charge in [-0.05, 0) is 18.1 Å². The zero-order valence-electron chi connectivity index (χ0n) is 12.7. The van der Waals surface area contributed by atoms with Crippen LogP contribution in [0, 0.1) is 0 Å². The molecule has 2 rings (SSSR count). The van der Waals surface area contributed by atoms with Crippen LogP contribution in [-0.4, -0.2) is 53.7 Å². The summed E-state index contributed by atoms with van der Waals surface area (Å²) >= 11 is 1.98. The second-order valence-electron chi connectivity index (χ2n) is 5.18. The molecule has 1 aromatic rings. The Bertz CT molecular complexity index is 496. The maximum atomic E-state index is 10.9. The summed E-state index contributed by atoms with van der Waals surface area (Å²) in [7, 11) is 1.66. The Morgan fingerprint density at radius 3 is 2.73 bits per heavy atom. The van der Waals surface area contributed by atoms with Gasteiger partial charge in [-0.2, -0.15) is 11.8 Å². The number of methoxy groups -OCH3 is 1. The highest BCUT2D eigenvalue weighted by Gasteiger charge is 2.16. The number of carbonyl (C=O) groups is 1. The predicted octanol–water partition coefficient (Wildman–Crippen LogP) is 1.62. The first-order valence-electron chi connectivity index (χ1n) is 7.04. The second kappa shape index (κ2) is 9.25. The number of hydrogen-bond donors (Lipinski definition) is 2. The van der Waals surface area contributed by atoms with Crippen molar-refractivity contribution in [1.82, 2.24) is 4.90 Å². The summed E-state index contributed by atoms with van der Waals surface area (Å²) in [5.41, 5.74) is 7.64. The molecule has 0 aliphatic carbocycles. The lowest BCUT2D eigenvalue weighted by molar-refractivity contribution is -0.138. The van der Waals surface area contributed by atoms with E-state index in [9.17, 15) is 4.79 Å². The van der Waals surface area contributed by atoms with Crippen LogP contribution in [0.5, 0.6) is 5.75 Å². The van der Waals surface area contributed by atoms with Gasteiger partial charge in [-0.15, -0.1) is 12.4 Å². The fourth-order valence-electron chi connectivity index (χ4n) is 2.42. The van der Waals surface area contributed by atoms with E-state index >= 15 is 0 Å². The third-order valence-corrected chi connectivity index (χ3v) is 4.56. The minimum Gasteiger partial charge on any atom is -0.496 e. The number of ether oxygens (including phenoxy) is 1. The number of benzene rings is 1. The Kier molecular flexibility index (Phi) is 8.03. The zero-order chi connectivity index (χ0) is 15.2. The van der Waals surface area contributed by atoms with Crippen LogP contribution in [0.4, 0.5) is 0 Å². The average Bonchev–Trinajstić information content (AvgIpc) is 2.48. The maximum absolute atomic E-state index is 10.9. The zero-order valence-corrected chi connectivity index (χ0v) is 14.3. The first kappa shape index (κ1) is 19.1. The van der Waals surface area contributed by atoms with Gasteiger partial charge >= 0.3 is 5.97 Å². The van der Waals surface area contributed by atoms with E-state index in [1.165, 1.54) is 0 Å². The van der Waals surface area contributed by atoms with Gasteiger partial charge in [0.1, 0.15) is 11.8 Å². The van der Waals surface area contributed by atoms with Crippen molar-refractivity contribution in [3.05, 3.63) is 29.3 Å². The lowest BCUT2D eigenvalue weighted by Gasteiger charge is -2.27. The number of carboxylic acid groups (broad SMARTS) is 1. The van der Waals surface area contributed by atoms with Crippen LogP contribution < -0.4 is 10.5 Å². The Balaban J connectivity index is 0.00000242. The van der Waals surface area contributed by atoms with Gasteiger partial charge in [0.15, 0.2) is 0 Å². The molecule has 1 heterocycles. The molecule has 0 bridgehead atoms. The highest BCUT2D eigenvalue weighted by atomic mass is 35.5. The predicted molar refractivity (Wildman–Crippen MR) is 92.2 cm³/mol. The van der Waals surface area contributed by atoms with Crippen LogP contribution in [0.25, 0.3) is 0 Å². The van der Waals surface area contributed by atoms with Gasteiger partial charge in [0.2, 0.25) is 0 Å². The van der Waals surface area contributed by atoms with Gasteiger partial charge in [-0.3, -0.25) is 9.69 Å². The normalized spacial score (nSPS) is 16.6. The number of halogens is 1. The number of aliphatic carboxylic acids is 1. The molecule has 1 unspecified atom stereocenters. The fraction of sp³-hybridized carbons (Fsp3) is 0.533. The number of carboxylic acids is 1. The highest BCUT2D eigenvalue weighted by molar-refractivity contribution is 7.99.